The van der Waals surface area contributed by atoms with Gasteiger partial charge in [0, 0.05) is 5.92 Å². The lowest BCUT2D eigenvalue weighted by Crippen LogP contribution is -2.41. The molecular weight excluding hydrogens is 258 g/mol. The highest BCUT2D eigenvalue weighted by Gasteiger charge is 2.25. The highest BCUT2D eigenvalue weighted by molar-refractivity contribution is 5.81. The Morgan fingerprint density at radius 1 is 1.40 bits per heavy atom. The predicted molar refractivity (Wildman–Crippen MR) is 73.0 cm³/mol. The summed E-state index contributed by atoms with van der Waals surface area (Å²) < 4.78 is 4.40. The van der Waals surface area contributed by atoms with E-state index in [4.69, 9.17) is 0 Å². The SMILES string of the molecule is COC(=O)C(O)CNC(=O)C1CCc2ccccc2C1. The van der Waals surface area contributed by atoms with Crippen LogP contribution in [0.4, 0.5) is 0 Å². The molecule has 20 heavy (non-hydrogen) atoms. The first-order valence-corrected chi connectivity index (χ1v) is 6.72. The van der Waals surface area contributed by atoms with Crippen LogP contribution in [0.2, 0.25) is 0 Å². The smallest absolute Gasteiger partial charge is 0.336 e. The van der Waals surface area contributed by atoms with Crippen LogP contribution in [0.25, 0.3) is 0 Å². The summed E-state index contributed by atoms with van der Waals surface area (Å²) in [6, 6.07) is 8.11. The van der Waals surface area contributed by atoms with Gasteiger partial charge in [0.2, 0.25) is 5.91 Å². The van der Waals surface area contributed by atoms with Crippen molar-refractivity contribution in [1.82, 2.24) is 5.32 Å². The molecule has 0 aliphatic heterocycles. The number of aryl methyl sites for hydroxylation is 1. The van der Waals surface area contributed by atoms with Crippen LogP contribution >= 0.6 is 0 Å². The molecule has 1 aliphatic rings. The molecule has 1 aliphatic carbocycles. The van der Waals surface area contributed by atoms with Crippen molar-refractivity contribution in [2.24, 2.45) is 5.92 Å². The molecule has 0 radical (unpaired) electrons. The summed E-state index contributed by atoms with van der Waals surface area (Å²) in [5.41, 5.74) is 2.50. The van der Waals surface area contributed by atoms with E-state index >= 15 is 0 Å². The maximum Gasteiger partial charge on any atom is 0.336 e. The Morgan fingerprint density at radius 2 is 2.10 bits per heavy atom. The summed E-state index contributed by atoms with van der Waals surface area (Å²) in [4.78, 5) is 23.1. The van der Waals surface area contributed by atoms with Crippen molar-refractivity contribution >= 4 is 11.9 Å². The van der Waals surface area contributed by atoms with Crippen molar-refractivity contribution in [1.29, 1.82) is 0 Å². The quantitative estimate of drug-likeness (QED) is 0.783. The van der Waals surface area contributed by atoms with Crippen LogP contribution in [0.15, 0.2) is 24.3 Å². The van der Waals surface area contributed by atoms with E-state index in [0.717, 1.165) is 12.8 Å². The van der Waals surface area contributed by atoms with Gasteiger partial charge in [0.05, 0.1) is 13.7 Å². The fraction of sp³-hybridized carbons (Fsp3) is 0.467. The summed E-state index contributed by atoms with van der Waals surface area (Å²) in [5, 5.41) is 12.0. The number of methoxy groups -OCH3 is 1. The van der Waals surface area contributed by atoms with E-state index in [-0.39, 0.29) is 18.4 Å². The third-order valence-electron chi connectivity index (χ3n) is 3.66. The highest BCUT2D eigenvalue weighted by Crippen LogP contribution is 2.25. The van der Waals surface area contributed by atoms with Gasteiger partial charge in [-0.3, -0.25) is 4.79 Å². The second kappa shape index (κ2) is 6.52. The Morgan fingerprint density at radius 3 is 2.80 bits per heavy atom. The number of rotatable bonds is 4. The van der Waals surface area contributed by atoms with Crippen molar-refractivity contribution in [2.75, 3.05) is 13.7 Å². The molecule has 1 aromatic rings. The van der Waals surface area contributed by atoms with Gasteiger partial charge in [-0.15, -0.1) is 0 Å². The van der Waals surface area contributed by atoms with Gasteiger partial charge >= 0.3 is 5.97 Å². The first-order chi connectivity index (χ1) is 9.61. The van der Waals surface area contributed by atoms with Crippen LogP contribution in [0.1, 0.15) is 17.5 Å². The number of aliphatic hydroxyl groups excluding tert-OH is 1. The molecule has 0 fully saturated rings. The number of benzene rings is 1. The third kappa shape index (κ3) is 3.36. The van der Waals surface area contributed by atoms with E-state index in [1.165, 1.54) is 18.2 Å². The molecule has 0 saturated carbocycles. The van der Waals surface area contributed by atoms with E-state index < -0.39 is 12.1 Å². The van der Waals surface area contributed by atoms with Crippen molar-refractivity contribution < 1.29 is 19.4 Å². The molecule has 0 heterocycles. The minimum atomic E-state index is -1.31. The van der Waals surface area contributed by atoms with Gasteiger partial charge < -0.3 is 15.2 Å². The third-order valence-corrected chi connectivity index (χ3v) is 3.66. The molecule has 0 spiro atoms. The first kappa shape index (κ1) is 14.5. The molecule has 5 nitrogen and oxygen atoms in total. The summed E-state index contributed by atoms with van der Waals surface area (Å²) in [7, 11) is 1.20. The largest absolute Gasteiger partial charge is 0.467 e. The van der Waals surface area contributed by atoms with Crippen LogP contribution in [0.5, 0.6) is 0 Å². The number of aliphatic hydroxyl groups is 1. The summed E-state index contributed by atoms with van der Waals surface area (Å²) in [6.07, 6.45) is 1.07. The zero-order valence-electron chi connectivity index (χ0n) is 11.5. The number of esters is 1. The van der Waals surface area contributed by atoms with E-state index in [9.17, 15) is 14.7 Å². The maximum atomic E-state index is 12.0. The Balaban J connectivity index is 1.87. The lowest BCUT2D eigenvalue weighted by Gasteiger charge is -2.24. The minimum Gasteiger partial charge on any atom is -0.467 e. The molecule has 2 unspecified atom stereocenters. The second-order valence-corrected chi connectivity index (χ2v) is 4.99. The topological polar surface area (TPSA) is 75.6 Å². The first-order valence-electron chi connectivity index (χ1n) is 6.72. The highest BCUT2D eigenvalue weighted by atomic mass is 16.5. The van der Waals surface area contributed by atoms with Gasteiger partial charge in [0.15, 0.2) is 6.10 Å². The number of carbonyl (C=O) groups is 2. The number of carbonyl (C=O) groups excluding carboxylic acids is 2. The van der Waals surface area contributed by atoms with Crippen LogP contribution in [0, 0.1) is 5.92 Å². The zero-order chi connectivity index (χ0) is 14.5. The fourth-order valence-electron chi connectivity index (χ4n) is 2.48. The number of nitrogens with one attached hydrogen (secondary N) is 1. The van der Waals surface area contributed by atoms with Crippen molar-refractivity contribution in [3.05, 3.63) is 35.4 Å². The number of ether oxygens (including phenoxy) is 1. The molecule has 0 bridgehead atoms. The van der Waals surface area contributed by atoms with E-state index in [1.54, 1.807) is 0 Å². The second-order valence-electron chi connectivity index (χ2n) is 4.99. The van der Waals surface area contributed by atoms with Gasteiger partial charge in [-0.1, -0.05) is 24.3 Å². The lowest BCUT2D eigenvalue weighted by atomic mass is 9.83. The van der Waals surface area contributed by atoms with Gasteiger partial charge in [0.25, 0.3) is 0 Å². The molecule has 2 N–H and O–H groups in total. The monoisotopic (exact) mass is 277 g/mol. The molecule has 1 amide bonds. The van der Waals surface area contributed by atoms with E-state index in [1.807, 2.05) is 18.2 Å². The molecule has 108 valence electrons. The molecule has 0 aromatic heterocycles. The molecule has 1 aromatic carbocycles. The van der Waals surface area contributed by atoms with Crippen molar-refractivity contribution in [3.63, 3.8) is 0 Å². The normalized spacial score (nSPS) is 18.8. The van der Waals surface area contributed by atoms with Gasteiger partial charge in [0.1, 0.15) is 0 Å². The summed E-state index contributed by atoms with van der Waals surface area (Å²) in [5.74, 6) is -0.962. The minimum absolute atomic E-state index is 0.102. The molecule has 0 saturated heterocycles. The maximum absolute atomic E-state index is 12.0. The Bertz CT molecular complexity index is 500. The molecule has 5 heteroatoms. The lowest BCUT2D eigenvalue weighted by molar-refractivity contribution is -0.150. The van der Waals surface area contributed by atoms with Crippen LogP contribution < -0.4 is 5.32 Å². The van der Waals surface area contributed by atoms with Gasteiger partial charge in [-0.2, -0.15) is 0 Å². The Labute approximate surface area is 117 Å². The van der Waals surface area contributed by atoms with Gasteiger partial charge in [-0.25, -0.2) is 4.79 Å². The fourth-order valence-corrected chi connectivity index (χ4v) is 2.48. The van der Waals surface area contributed by atoms with E-state index in [0.29, 0.717) is 6.42 Å². The molecule has 2 rings (SSSR count). The Kier molecular flexibility index (Phi) is 4.74. The standard InChI is InChI=1S/C15H19NO4/c1-20-15(19)13(17)9-16-14(18)12-7-6-10-4-2-3-5-11(10)8-12/h2-5,12-13,17H,6-9H2,1H3,(H,16,18). The summed E-state index contributed by atoms with van der Waals surface area (Å²) >= 11 is 0. The van der Waals surface area contributed by atoms with Crippen LogP contribution in [-0.2, 0) is 27.2 Å². The average Bonchev–Trinajstić information content (AvgIpc) is 2.50. The predicted octanol–water partition coefficient (Wildman–Crippen LogP) is 0.442. The molecule has 2 atom stereocenters. The van der Waals surface area contributed by atoms with E-state index in [2.05, 4.69) is 16.1 Å². The Hall–Kier alpha value is -1.88. The van der Waals surface area contributed by atoms with Crippen molar-refractivity contribution in [2.45, 2.75) is 25.4 Å². The van der Waals surface area contributed by atoms with Crippen molar-refractivity contribution in [3.8, 4) is 0 Å². The number of fused-ring (bicyclic) bond motifs is 1. The number of hydrogen-bond donors (Lipinski definition) is 2. The summed E-state index contributed by atoms with van der Waals surface area (Å²) in [6.45, 7) is -0.107. The average molecular weight is 277 g/mol. The van der Waals surface area contributed by atoms with Crippen LogP contribution in [-0.4, -0.2) is 36.7 Å². The van der Waals surface area contributed by atoms with Crippen LogP contribution in [0.3, 0.4) is 0 Å². The number of amides is 1. The molecular formula is C15H19NO4. The number of hydrogen-bond acceptors (Lipinski definition) is 4. The van der Waals surface area contributed by atoms with Gasteiger partial charge in [-0.05, 0) is 30.4 Å². The zero-order valence-corrected chi connectivity index (χ0v) is 11.5.